The second kappa shape index (κ2) is 5.21. The van der Waals surface area contributed by atoms with Crippen molar-refractivity contribution in [1.29, 1.82) is 0 Å². The number of thioether (sulfide) groups is 1. The normalized spacial score (nSPS) is 24.5. The average molecular weight is 288 g/mol. The summed E-state index contributed by atoms with van der Waals surface area (Å²) in [6, 6.07) is 0. The van der Waals surface area contributed by atoms with Gasteiger partial charge in [-0.3, -0.25) is 0 Å². The summed E-state index contributed by atoms with van der Waals surface area (Å²) in [6.07, 6.45) is 1.06. The molecule has 1 heterocycles. The van der Waals surface area contributed by atoms with E-state index in [9.17, 15) is 16.8 Å². The van der Waals surface area contributed by atoms with Gasteiger partial charge in [-0.05, 0) is 0 Å². The third-order valence-electron chi connectivity index (χ3n) is 2.26. The number of rotatable bonds is 4. The molecule has 0 amide bonds. The second-order valence-electron chi connectivity index (χ2n) is 3.57. The molecule has 0 aromatic rings. The summed E-state index contributed by atoms with van der Waals surface area (Å²) < 4.78 is 47.7. The molecular weight excluding hydrogens is 272 g/mol. The van der Waals surface area contributed by atoms with Crippen LogP contribution >= 0.6 is 11.8 Å². The van der Waals surface area contributed by atoms with E-state index in [2.05, 4.69) is 0 Å². The topological polar surface area (TPSA) is 97.5 Å². The van der Waals surface area contributed by atoms with Crippen LogP contribution in [0.4, 0.5) is 0 Å². The molecule has 0 spiro atoms. The fourth-order valence-corrected chi connectivity index (χ4v) is 6.58. The molecule has 1 unspecified atom stereocenters. The number of sulfonamides is 1. The van der Waals surface area contributed by atoms with Crippen LogP contribution in [-0.2, 0) is 19.9 Å². The van der Waals surface area contributed by atoms with Crippen molar-refractivity contribution in [3.63, 3.8) is 0 Å². The number of nitrogens with two attached hydrogens (primary N) is 1. The number of hydrogen-bond donors (Lipinski definition) is 1. The van der Waals surface area contributed by atoms with Crippen LogP contribution in [0.2, 0.25) is 0 Å². The maximum Gasteiger partial charge on any atom is 0.216 e. The summed E-state index contributed by atoms with van der Waals surface area (Å²) in [7, 11) is -6.94. The Bertz CT molecular complexity index is 431. The van der Waals surface area contributed by atoms with E-state index in [1.165, 1.54) is 11.8 Å². The first kappa shape index (κ1) is 14.2. The molecule has 1 fully saturated rings. The van der Waals surface area contributed by atoms with Gasteiger partial charge < -0.3 is 5.73 Å². The molecule has 1 aliphatic heterocycles. The number of sulfone groups is 1. The Morgan fingerprint density at radius 2 is 2.00 bits per heavy atom. The Morgan fingerprint density at radius 1 is 1.38 bits per heavy atom. The van der Waals surface area contributed by atoms with Crippen molar-refractivity contribution < 1.29 is 16.8 Å². The van der Waals surface area contributed by atoms with E-state index < -0.39 is 25.2 Å². The first-order valence-corrected chi connectivity index (χ1v) is 9.47. The van der Waals surface area contributed by atoms with Gasteiger partial charge in [-0.15, -0.1) is 0 Å². The first-order valence-electron chi connectivity index (χ1n) is 4.75. The van der Waals surface area contributed by atoms with Gasteiger partial charge >= 0.3 is 0 Å². The standard InChI is InChI=1S/C7H16N2O4S3/c1-15(10,11)7-6-14-4-3-9(7)16(12,13)5-2-8/h7H,2-6,8H2,1H3. The zero-order chi connectivity index (χ0) is 12.4. The predicted molar refractivity (Wildman–Crippen MR) is 65.5 cm³/mol. The maximum atomic E-state index is 11.8. The molecule has 0 bridgehead atoms. The van der Waals surface area contributed by atoms with Gasteiger partial charge in [-0.1, -0.05) is 0 Å². The molecule has 0 aromatic heterocycles. The highest BCUT2D eigenvalue weighted by molar-refractivity contribution is 8.01. The van der Waals surface area contributed by atoms with Crippen LogP contribution < -0.4 is 5.73 Å². The Hall–Kier alpha value is 0.170. The van der Waals surface area contributed by atoms with Crippen LogP contribution in [0.3, 0.4) is 0 Å². The lowest BCUT2D eigenvalue weighted by atomic mass is 10.6. The maximum absolute atomic E-state index is 11.8. The van der Waals surface area contributed by atoms with E-state index in [-0.39, 0.29) is 18.8 Å². The van der Waals surface area contributed by atoms with E-state index in [4.69, 9.17) is 5.73 Å². The third-order valence-corrected chi connectivity index (χ3v) is 6.94. The minimum absolute atomic E-state index is 0.00244. The highest BCUT2D eigenvalue weighted by atomic mass is 32.2. The molecule has 1 rings (SSSR count). The van der Waals surface area contributed by atoms with Gasteiger partial charge in [0.15, 0.2) is 9.84 Å². The van der Waals surface area contributed by atoms with Crippen molar-refractivity contribution in [1.82, 2.24) is 4.31 Å². The summed E-state index contributed by atoms with van der Waals surface area (Å²) >= 11 is 1.45. The molecule has 0 saturated carbocycles. The Morgan fingerprint density at radius 3 is 2.50 bits per heavy atom. The first-order chi connectivity index (χ1) is 7.29. The van der Waals surface area contributed by atoms with E-state index in [1.54, 1.807) is 0 Å². The third kappa shape index (κ3) is 3.33. The molecule has 1 atom stereocenters. The van der Waals surface area contributed by atoms with Crippen LogP contribution in [0, 0.1) is 0 Å². The van der Waals surface area contributed by atoms with Crippen molar-refractivity contribution in [3.05, 3.63) is 0 Å². The SMILES string of the molecule is CS(=O)(=O)C1CSCCN1S(=O)(=O)CCN. The lowest BCUT2D eigenvalue weighted by Gasteiger charge is -2.32. The van der Waals surface area contributed by atoms with Gasteiger partial charge in [-0.2, -0.15) is 16.1 Å². The Labute approximate surface area is 101 Å². The molecule has 1 aliphatic rings. The summed E-state index contributed by atoms with van der Waals surface area (Å²) in [5.41, 5.74) is 5.22. The molecule has 0 aromatic carbocycles. The van der Waals surface area contributed by atoms with E-state index >= 15 is 0 Å². The highest BCUT2D eigenvalue weighted by Gasteiger charge is 2.37. The van der Waals surface area contributed by atoms with Gasteiger partial charge in [-0.25, -0.2) is 16.8 Å². The quantitative estimate of drug-likeness (QED) is 0.690. The molecule has 96 valence electrons. The van der Waals surface area contributed by atoms with Gasteiger partial charge in [0.25, 0.3) is 0 Å². The molecule has 2 N–H and O–H groups in total. The largest absolute Gasteiger partial charge is 0.329 e. The van der Waals surface area contributed by atoms with Crippen LogP contribution in [0.15, 0.2) is 0 Å². The van der Waals surface area contributed by atoms with Crippen molar-refractivity contribution in [2.75, 3.05) is 36.6 Å². The van der Waals surface area contributed by atoms with E-state index in [0.29, 0.717) is 11.5 Å². The molecule has 0 radical (unpaired) electrons. The van der Waals surface area contributed by atoms with Crippen molar-refractivity contribution in [2.45, 2.75) is 5.37 Å². The van der Waals surface area contributed by atoms with Gasteiger partial charge in [0.2, 0.25) is 10.0 Å². The summed E-state index contributed by atoms with van der Waals surface area (Å²) in [4.78, 5) is 0. The van der Waals surface area contributed by atoms with Crippen LogP contribution in [0.25, 0.3) is 0 Å². The fourth-order valence-electron chi connectivity index (χ4n) is 1.49. The van der Waals surface area contributed by atoms with Gasteiger partial charge in [0.05, 0.1) is 5.75 Å². The average Bonchev–Trinajstić information content (AvgIpc) is 2.16. The fraction of sp³-hybridized carbons (Fsp3) is 1.00. The summed E-state index contributed by atoms with van der Waals surface area (Å²) in [6.45, 7) is 0.243. The Kier molecular flexibility index (Phi) is 4.64. The van der Waals surface area contributed by atoms with Crippen LogP contribution in [0.5, 0.6) is 0 Å². The molecule has 0 aliphatic carbocycles. The smallest absolute Gasteiger partial charge is 0.216 e. The molecule has 9 heteroatoms. The number of nitrogens with zero attached hydrogens (tertiary/aromatic N) is 1. The van der Waals surface area contributed by atoms with E-state index in [1.807, 2.05) is 0 Å². The lowest BCUT2D eigenvalue weighted by molar-refractivity contribution is 0.405. The van der Waals surface area contributed by atoms with Crippen LogP contribution in [0.1, 0.15) is 0 Å². The molecule has 6 nitrogen and oxygen atoms in total. The minimum atomic E-state index is -3.55. The van der Waals surface area contributed by atoms with Crippen LogP contribution in [-0.4, -0.2) is 63.1 Å². The molecule has 16 heavy (non-hydrogen) atoms. The number of hydrogen-bond acceptors (Lipinski definition) is 6. The summed E-state index contributed by atoms with van der Waals surface area (Å²) in [5.74, 6) is 0.710. The van der Waals surface area contributed by atoms with Gasteiger partial charge in [0, 0.05) is 30.9 Å². The zero-order valence-electron chi connectivity index (χ0n) is 9.00. The van der Waals surface area contributed by atoms with Crippen molar-refractivity contribution >= 4 is 31.6 Å². The van der Waals surface area contributed by atoms with Crippen molar-refractivity contribution in [2.24, 2.45) is 5.73 Å². The minimum Gasteiger partial charge on any atom is -0.329 e. The molecule has 1 saturated heterocycles. The second-order valence-corrected chi connectivity index (χ2v) is 8.97. The predicted octanol–water partition coefficient (Wildman–Crippen LogP) is -1.31. The van der Waals surface area contributed by atoms with Gasteiger partial charge in [0.1, 0.15) is 5.37 Å². The Balaban J connectivity index is 3.00. The van der Waals surface area contributed by atoms with E-state index in [0.717, 1.165) is 10.6 Å². The molecular formula is C7H16N2O4S3. The monoisotopic (exact) mass is 288 g/mol. The zero-order valence-corrected chi connectivity index (χ0v) is 11.4. The lowest BCUT2D eigenvalue weighted by Crippen LogP contribution is -2.51. The summed E-state index contributed by atoms with van der Waals surface area (Å²) in [5, 5.41) is -0.942. The highest BCUT2D eigenvalue weighted by Crippen LogP contribution is 2.23. The van der Waals surface area contributed by atoms with Crippen molar-refractivity contribution in [3.8, 4) is 0 Å².